The molecule has 8 nitrogen and oxygen atoms in total. The van der Waals surface area contributed by atoms with Crippen LogP contribution in [-0.4, -0.2) is 53.1 Å². The van der Waals surface area contributed by atoms with E-state index in [1.807, 2.05) is 25.2 Å². The van der Waals surface area contributed by atoms with Crippen LogP contribution in [0, 0.1) is 0 Å². The van der Waals surface area contributed by atoms with Crippen LogP contribution < -0.4 is 19.7 Å². The fraction of sp³-hybridized carbons (Fsp3) is 0.421. The topological polar surface area (TPSA) is 77.3 Å². The number of anilines is 2. The molecule has 1 fully saturated rings. The molecule has 148 valence electrons. The zero-order chi connectivity index (χ0) is 19.7. The molecule has 1 saturated heterocycles. The molecule has 0 radical (unpaired) electrons. The first-order valence-corrected chi connectivity index (χ1v) is 9.96. The summed E-state index contributed by atoms with van der Waals surface area (Å²) in [5.41, 5.74) is 1.84. The van der Waals surface area contributed by atoms with Gasteiger partial charge in [-0.1, -0.05) is 0 Å². The number of rotatable bonds is 5. The van der Waals surface area contributed by atoms with Crippen molar-refractivity contribution in [2.75, 3.05) is 37.5 Å². The van der Waals surface area contributed by atoms with Crippen molar-refractivity contribution in [1.29, 1.82) is 0 Å². The quantitative estimate of drug-likeness (QED) is 0.644. The molecule has 1 aromatic carbocycles. The average molecular weight is 447 g/mol. The van der Waals surface area contributed by atoms with Crippen molar-refractivity contribution in [2.24, 2.45) is 7.05 Å². The Balaban J connectivity index is 1.47. The van der Waals surface area contributed by atoms with E-state index in [-0.39, 0.29) is 0 Å². The number of hydrogen-bond donors (Lipinski definition) is 1. The average Bonchev–Trinajstić information content (AvgIpc) is 3.02. The molecule has 0 spiro atoms. The lowest BCUT2D eigenvalue weighted by Gasteiger charge is -2.34. The Kier molecular flexibility index (Phi) is 5.25. The predicted octanol–water partition coefficient (Wildman–Crippen LogP) is 3.22. The van der Waals surface area contributed by atoms with Crippen molar-refractivity contribution in [3.05, 3.63) is 29.1 Å². The molecule has 0 atom stereocenters. The zero-order valence-electron chi connectivity index (χ0n) is 16.1. The number of nitrogens with zero attached hydrogens (tertiary/aromatic N) is 5. The van der Waals surface area contributed by atoms with E-state index in [0.29, 0.717) is 6.04 Å². The first-order chi connectivity index (χ1) is 13.6. The Labute approximate surface area is 172 Å². The SMILES string of the molecule is COc1cc(NC2CCN(c3ncnc4c3c(Br)nn4C)CC2)cc(OC)c1. The lowest BCUT2D eigenvalue weighted by molar-refractivity contribution is 0.394. The molecule has 2 aromatic heterocycles. The highest BCUT2D eigenvalue weighted by Crippen LogP contribution is 2.32. The van der Waals surface area contributed by atoms with Gasteiger partial charge in [0.05, 0.1) is 19.6 Å². The molecular formula is C19H23BrN6O2. The van der Waals surface area contributed by atoms with E-state index in [1.54, 1.807) is 25.2 Å². The molecule has 4 rings (SSSR count). The monoisotopic (exact) mass is 446 g/mol. The number of aryl methyl sites for hydroxylation is 1. The summed E-state index contributed by atoms with van der Waals surface area (Å²) in [6.45, 7) is 1.82. The van der Waals surface area contributed by atoms with E-state index in [2.05, 4.69) is 41.2 Å². The molecule has 0 bridgehead atoms. The zero-order valence-corrected chi connectivity index (χ0v) is 17.7. The Morgan fingerprint density at radius 1 is 1.07 bits per heavy atom. The van der Waals surface area contributed by atoms with Crippen LogP contribution in [0.15, 0.2) is 29.1 Å². The van der Waals surface area contributed by atoms with Gasteiger partial charge in [0, 0.05) is 50.1 Å². The van der Waals surface area contributed by atoms with Gasteiger partial charge in [-0.3, -0.25) is 0 Å². The summed E-state index contributed by atoms with van der Waals surface area (Å²) in [6.07, 6.45) is 3.62. The van der Waals surface area contributed by atoms with Crippen LogP contribution in [0.2, 0.25) is 0 Å². The van der Waals surface area contributed by atoms with E-state index in [1.165, 1.54) is 0 Å². The third-order valence-electron chi connectivity index (χ3n) is 5.07. The number of nitrogens with one attached hydrogen (secondary N) is 1. The number of methoxy groups -OCH3 is 2. The van der Waals surface area contributed by atoms with Gasteiger partial charge >= 0.3 is 0 Å². The van der Waals surface area contributed by atoms with Crippen molar-refractivity contribution >= 4 is 38.5 Å². The molecule has 3 heterocycles. The van der Waals surface area contributed by atoms with E-state index in [4.69, 9.17) is 9.47 Å². The number of ether oxygens (including phenoxy) is 2. The Bertz CT molecular complexity index is 962. The lowest BCUT2D eigenvalue weighted by Crippen LogP contribution is -2.39. The largest absolute Gasteiger partial charge is 0.497 e. The minimum absolute atomic E-state index is 0.378. The summed E-state index contributed by atoms with van der Waals surface area (Å²) in [5.74, 6) is 2.50. The standard InChI is InChI=1S/C19H23BrN6O2/c1-25-18-16(17(20)24-25)19(22-11-21-18)26-6-4-12(5-7-26)23-13-8-14(27-2)10-15(9-13)28-3/h8-12,23H,4-7H2,1-3H3. The summed E-state index contributed by atoms with van der Waals surface area (Å²) in [4.78, 5) is 11.2. The van der Waals surface area contributed by atoms with Crippen molar-refractivity contribution in [3.8, 4) is 11.5 Å². The van der Waals surface area contributed by atoms with Gasteiger partial charge in [0.15, 0.2) is 5.65 Å². The Morgan fingerprint density at radius 3 is 2.39 bits per heavy atom. The molecule has 9 heteroatoms. The lowest BCUT2D eigenvalue weighted by atomic mass is 10.0. The molecule has 0 aliphatic carbocycles. The molecule has 3 aromatic rings. The second-order valence-electron chi connectivity index (χ2n) is 6.82. The van der Waals surface area contributed by atoms with Crippen molar-refractivity contribution in [2.45, 2.75) is 18.9 Å². The van der Waals surface area contributed by atoms with Crippen molar-refractivity contribution in [3.63, 3.8) is 0 Å². The molecule has 28 heavy (non-hydrogen) atoms. The van der Waals surface area contributed by atoms with E-state index >= 15 is 0 Å². The van der Waals surface area contributed by atoms with Gasteiger partial charge in [0.2, 0.25) is 0 Å². The van der Waals surface area contributed by atoms with Gasteiger partial charge in [-0.15, -0.1) is 0 Å². The fourth-order valence-electron chi connectivity index (χ4n) is 3.63. The van der Waals surface area contributed by atoms with Crippen LogP contribution in [0.1, 0.15) is 12.8 Å². The second kappa shape index (κ2) is 7.83. The van der Waals surface area contributed by atoms with Crippen LogP contribution in [0.25, 0.3) is 11.0 Å². The molecule has 1 aliphatic rings. The second-order valence-corrected chi connectivity index (χ2v) is 7.57. The van der Waals surface area contributed by atoms with Gasteiger partial charge in [0.1, 0.15) is 28.2 Å². The van der Waals surface area contributed by atoms with Crippen LogP contribution in [-0.2, 0) is 7.05 Å². The molecule has 1 aliphatic heterocycles. The molecule has 0 amide bonds. The van der Waals surface area contributed by atoms with E-state index < -0.39 is 0 Å². The van der Waals surface area contributed by atoms with Gasteiger partial charge in [-0.2, -0.15) is 5.10 Å². The fourth-order valence-corrected chi connectivity index (χ4v) is 4.22. The van der Waals surface area contributed by atoms with Crippen LogP contribution in [0.3, 0.4) is 0 Å². The van der Waals surface area contributed by atoms with Crippen molar-refractivity contribution < 1.29 is 9.47 Å². The number of piperidine rings is 1. The maximum absolute atomic E-state index is 5.36. The van der Waals surface area contributed by atoms with Gasteiger partial charge in [0.25, 0.3) is 0 Å². The first kappa shape index (κ1) is 18.8. The highest BCUT2D eigenvalue weighted by atomic mass is 79.9. The minimum atomic E-state index is 0.378. The normalized spacial score (nSPS) is 15.1. The number of hydrogen-bond acceptors (Lipinski definition) is 7. The summed E-state index contributed by atoms with van der Waals surface area (Å²) in [7, 11) is 5.22. The third kappa shape index (κ3) is 3.58. The Morgan fingerprint density at radius 2 is 1.75 bits per heavy atom. The summed E-state index contributed by atoms with van der Waals surface area (Å²) in [6, 6.07) is 6.24. The minimum Gasteiger partial charge on any atom is -0.497 e. The maximum Gasteiger partial charge on any atom is 0.164 e. The molecule has 0 unspecified atom stereocenters. The summed E-state index contributed by atoms with van der Waals surface area (Å²) in [5, 5.41) is 8.99. The predicted molar refractivity (Wildman–Crippen MR) is 112 cm³/mol. The molecule has 0 saturated carbocycles. The van der Waals surface area contributed by atoms with Gasteiger partial charge in [-0.05, 0) is 28.8 Å². The first-order valence-electron chi connectivity index (χ1n) is 9.17. The highest BCUT2D eigenvalue weighted by Gasteiger charge is 2.24. The van der Waals surface area contributed by atoms with Gasteiger partial charge in [-0.25, -0.2) is 14.6 Å². The number of halogens is 1. The molecular weight excluding hydrogens is 424 g/mol. The summed E-state index contributed by atoms with van der Waals surface area (Å²) >= 11 is 3.54. The number of aromatic nitrogens is 4. The van der Waals surface area contributed by atoms with Crippen molar-refractivity contribution in [1.82, 2.24) is 19.7 Å². The Hall–Kier alpha value is -2.55. The number of fused-ring (bicyclic) bond motifs is 1. The summed E-state index contributed by atoms with van der Waals surface area (Å²) < 4.78 is 13.3. The maximum atomic E-state index is 5.36. The van der Waals surface area contributed by atoms with E-state index in [9.17, 15) is 0 Å². The highest BCUT2D eigenvalue weighted by molar-refractivity contribution is 9.10. The third-order valence-corrected chi connectivity index (χ3v) is 5.63. The van der Waals surface area contributed by atoms with Gasteiger partial charge < -0.3 is 19.7 Å². The van der Waals surface area contributed by atoms with Crippen LogP contribution in [0.4, 0.5) is 11.5 Å². The molecule has 1 N–H and O–H groups in total. The smallest absolute Gasteiger partial charge is 0.164 e. The number of benzene rings is 1. The van der Waals surface area contributed by atoms with Crippen LogP contribution in [0.5, 0.6) is 11.5 Å². The van der Waals surface area contributed by atoms with Crippen LogP contribution >= 0.6 is 15.9 Å². The van der Waals surface area contributed by atoms with E-state index in [0.717, 1.165) is 64.6 Å².